The lowest BCUT2D eigenvalue weighted by Gasteiger charge is -2.55. The first-order chi connectivity index (χ1) is 11.6. The Morgan fingerprint density at radius 2 is 2.00 bits per heavy atom. The van der Waals surface area contributed by atoms with E-state index in [1.54, 1.807) is 13.2 Å². The highest BCUT2D eigenvalue weighted by Crippen LogP contribution is 2.51. The summed E-state index contributed by atoms with van der Waals surface area (Å²) in [5, 5.41) is 0. The van der Waals surface area contributed by atoms with E-state index in [1.165, 1.54) is 6.42 Å². The van der Waals surface area contributed by atoms with E-state index in [0.29, 0.717) is 17.4 Å². The predicted octanol–water partition coefficient (Wildman–Crippen LogP) is 2.01. The number of nitrogens with two attached hydrogens (primary N) is 1. The number of benzene rings is 1. The van der Waals surface area contributed by atoms with E-state index in [1.807, 2.05) is 19.2 Å². The largest absolute Gasteiger partial charge is 0.383 e. The molecule has 2 bridgehead atoms. The fraction of sp³-hybridized carbons (Fsp3) is 0.632. The Morgan fingerprint density at radius 1 is 1.29 bits per heavy atom. The number of nitrogens with zero attached hydrogens (tertiary/aromatic N) is 1. The molecule has 1 amide bonds. The normalized spacial score (nSPS) is 30.2. The summed E-state index contributed by atoms with van der Waals surface area (Å²) in [6.45, 7) is 3.74. The number of amides is 1. The molecule has 1 aromatic rings. The molecule has 132 valence electrons. The number of fused-ring (bicyclic) bond motifs is 2. The molecular formula is C19H28N2O3. The van der Waals surface area contributed by atoms with Gasteiger partial charge in [0.1, 0.15) is 5.60 Å². The summed E-state index contributed by atoms with van der Waals surface area (Å²) >= 11 is 0. The molecule has 2 aliphatic rings. The number of carbonyl (C=O) groups is 1. The van der Waals surface area contributed by atoms with Gasteiger partial charge in [-0.2, -0.15) is 0 Å². The lowest BCUT2D eigenvalue weighted by atomic mass is 9.62. The summed E-state index contributed by atoms with van der Waals surface area (Å²) in [4.78, 5) is 14.1. The third-order valence-corrected chi connectivity index (χ3v) is 5.82. The van der Waals surface area contributed by atoms with Gasteiger partial charge in [0.15, 0.2) is 0 Å². The minimum atomic E-state index is -0.384. The number of piperidine rings is 1. The number of carbonyl (C=O) groups excluding carboxylic acids is 1. The molecule has 5 nitrogen and oxygen atoms in total. The molecule has 2 N–H and O–H groups in total. The van der Waals surface area contributed by atoms with Crippen molar-refractivity contribution in [2.24, 2.45) is 17.6 Å². The van der Waals surface area contributed by atoms with Crippen molar-refractivity contribution >= 4 is 5.91 Å². The Balaban J connectivity index is 1.94. The van der Waals surface area contributed by atoms with Crippen LogP contribution < -0.4 is 5.73 Å². The van der Waals surface area contributed by atoms with E-state index in [9.17, 15) is 4.79 Å². The summed E-state index contributed by atoms with van der Waals surface area (Å²) in [5.41, 5.74) is 6.83. The van der Waals surface area contributed by atoms with Gasteiger partial charge in [-0.3, -0.25) is 4.79 Å². The second-order valence-corrected chi connectivity index (χ2v) is 7.02. The van der Waals surface area contributed by atoms with E-state index in [2.05, 4.69) is 11.0 Å². The molecule has 0 spiro atoms. The van der Waals surface area contributed by atoms with Gasteiger partial charge in [0, 0.05) is 51.3 Å². The molecule has 3 rings (SSSR count). The zero-order valence-electron chi connectivity index (χ0n) is 14.7. The minimum Gasteiger partial charge on any atom is -0.383 e. The molecule has 1 aliphatic heterocycles. The minimum absolute atomic E-state index is 0.312. The number of hydrogen-bond acceptors (Lipinski definition) is 4. The monoisotopic (exact) mass is 332 g/mol. The number of primary amides is 1. The molecule has 1 heterocycles. The van der Waals surface area contributed by atoms with Crippen LogP contribution in [0.2, 0.25) is 0 Å². The van der Waals surface area contributed by atoms with E-state index < -0.39 is 0 Å². The Labute approximate surface area is 144 Å². The van der Waals surface area contributed by atoms with E-state index in [4.69, 9.17) is 15.2 Å². The van der Waals surface area contributed by atoms with Crippen molar-refractivity contribution in [3.63, 3.8) is 0 Å². The van der Waals surface area contributed by atoms with Crippen molar-refractivity contribution in [3.05, 3.63) is 35.4 Å². The van der Waals surface area contributed by atoms with Gasteiger partial charge in [-0.15, -0.1) is 0 Å². The fourth-order valence-corrected chi connectivity index (χ4v) is 4.77. The molecule has 0 aromatic heterocycles. The zero-order valence-corrected chi connectivity index (χ0v) is 14.7. The molecular weight excluding hydrogens is 304 g/mol. The number of hydrogen-bond donors (Lipinski definition) is 1. The maximum atomic E-state index is 11.6. The molecule has 1 aliphatic carbocycles. The van der Waals surface area contributed by atoms with Crippen molar-refractivity contribution in [1.82, 2.24) is 4.90 Å². The van der Waals surface area contributed by atoms with Crippen LogP contribution in [-0.4, -0.2) is 51.3 Å². The lowest BCUT2D eigenvalue weighted by molar-refractivity contribution is -0.170. The van der Waals surface area contributed by atoms with Crippen LogP contribution in [-0.2, 0) is 15.1 Å². The molecule has 1 aromatic carbocycles. The summed E-state index contributed by atoms with van der Waals surface area (Å²) in [7, 11) is 3.56. The van der Waals surface area contributed by atoms with Crippen molar-refractivity contribution in [2.45, 2.75) is 24.9 Å². The quantitative estimate of drug-likeness (QED) is 0.865. The van der Waals surface area contributed by atoms with Gasteiger partial charge >= 0.3 is 0 Å². The first kappa shape index (κ1) is 17.4. The Morgan fingerprint density at radius 3 is 2.58 bits per heavy atom. The highest BCUT2D eigenvalue weighted by molar-refractivity contribution is 5.92. The van der Waals surface area contributed by atoms with Crippen molar-refractivity contribution < 1.29 is 14.3 Å². The van der Waals surface area contributed by atoms with Gasteiger partial charge in [-0.05, 0) is 30.5 Å². The second kappa shape index (κ2) is 7.21. The molecule has 0 radical (unpaired) electrons. The topological polar surface area (TPSA) is 64.8 Å². The van der Waals surface area contributed by atoms with Gasteiger partial charge in [-0.25, -0.2) is 0 Å². The van der Waals surface area contributed by atoms with Crippen LogP contribution >= 0.6 is 0 Å². The highest BCUT2D eigenvalue weighted by atomic mass is 16.5. The molecule has 0 unspecified atom stereocenters. The van der Waals surface area contributed by atoms with E-state index >= 15 is 0 Å². The van der Waals surface area contributed by atoms with Crippen LogP contribution in [0.5, 0.6) is 0 Å². The molecule has 1 saturated carbocycles. The molecule has 1 saturated heterocycles. The summed E-state index contributed by atoms with van der Waals surface area (Å²) in [6, 6.07) is 7.72. The number of likely N-dealkylation sites (tertiary alicyclic amines) is 1. The van der Waals surface area contributed by atoms with Gasteiger partial charge in [0.05, 0.1) is 6.61 Å². The first-order valence-corrected chi connectivity index (χ1v) is 8.78. The van der Waals surface area contributed by atoms with Crippen LogP contribution in [0.4, 0.5) is 0 Å². The smallest absolute Gasteiger partial charge is 0.248 e. The molecule has 2 fully saturated rings. The summed E-state index contributed by atoms with van der Waals surface area (Å²) in [5.74, 6) is 0.468. The van der Waals surface area contributed by atoms with Crippen LogP contribution in [0.15, 0.2) is 24.3 Å². The van der Waals surface area contributed by atoms with Crippen LogP contribution in [0.1, 0.15) is 35.2 Å². The standard InChI is InChI=1S/C19H28N2O3/c1-23-10-9-21-12-16-7-4-8-17(13-21)19(16,24-2)15-6-3-5-14(11-15)18(20)22/h3,5-6,11,16-17H,4,7-10,12-13H2,1-2H3,(H2,20,22)/t16-,17+,19+. The van der Waals surface area contributed by atoms with Gasteiger partial charge in [-0.1, -0.05) is 18.6 Å². The van der Waals surface area contributed by atoms with Crippen LogP contribution in [0, 0.1) is 11.8 Å². The zero-order chi connectivity index (χ0) is 17.2. The Bertz CT molecular complexity index is 576. The average Bonchev–Trinajstić information content (AvgIpc) is 2.59. The molecule has 24 heavy (non-hydrogen) atoms. The Kier molecular flexibility index (Phi) is 5.23. The third kappa shape index (κ3) is 2.96. The van der Waals surface area contributed by atoms with E-state index in [-0.39, 0.29) is 11.5 Å². The SMILES string of the molecule is COCCN1C[C@H]2CCC[C@@H](C1)[C@]2(OC)c1cccc(C(N)=O)c1. The maximum absolute atomic E-state index is 11.6. The maximum Gasteiger partial charge on any atom is 0.248 e. The number of methoxy groups -OCH3 is 2. The lowest BCUT2D eigenvalue weighted by Crippen LogP contribution is -2.59. The van der Waals surface area contributed by atoms with Gasteiger partial charge < -0.3 is 20.1 Å². The van der Waals surface area contributed by atoms with Crippen LogP contribution in [0.25, 0.3) is 0 Å². The first-order valence-electron chi connectivity index (χ1n) is 8.78. The third-order valence-electron chi connectivity index (χ3n) is 5.82. The number of ether oxygens (including phenoxy) is 2. The summed E-state index contributed by atoms with van der Waals surface area (Å²) in [6.07, 6.45) is 3.54. The predicted molar refractivity (Wildman–Crippen MR) is 92.8 cm³/mol. The van der Waals surface area contributed by atoms with Crippen molar-refractivity contribution in [3.8, 4) is 0 Å². The summed E-state index contributed by atoms with van der Waals surface area (Å²) < 4.78 is 11.5. The molecule has 5 heteroatoms. The average molecular weight is 332 g/mol. The Hall–Kier alpha value is -1.43. The van der Waals surface area contributed by atoms with E-state index in [0.717, 1.165) is 44.6 Å². The highest BCUT2D eigenvalue weighted by Gasteiger charge is 2.53. The van der Waals surface area contributed by atoms with Gasteiger partial charge in [0.25, 0.3) is 0 Å². The second-order valence-electron chi connectivity index (χ2n) is 7.02. The van der Waals surface area contributed by atoms with Gasteiger partial charge in [0.2, 0.25) is 5.91 Å². The van der Waals surface area contributed by atoms with Crippen molar-refractivity contribution in [1.29, 1.82) is 0 Å². The number of rotatable bonds is 6. The van der Waals surface area contributed by atoms with Crippen molar-refractivity contribution in [2.75, 3.05) is 40.5 Å². The van der Waals surface area contributed by atoms with Crippen LogP contribution in [0.3, 0.4) is 0 Å². The molecule has 3 atom stereocenters. The fourth-order valence-electron chi connectivity index (χ4n) is 4.77.